The van der Waals surface area contributed by atoms with Crippen LogP contribution >= 0.6 is 0 Å². The van der Waals surface area contributed by atoms with E-state index in [2.05, 4.69) is 22.8 Å². The SMILES string of the molecule is O=C(CCCC(=O)OCCCc1ccccc1)Nc1ccc(NC(=O)c2ccccc2)cc1. The Morgan fingerprint density at radius 1 is 0.667 bits per heavy atom. The third kappa shape index (κ3) is 8.61. The van der Waals surface area contributed by atoms with Crippen molar-refractivity contribution in [2.75, 3.05) is 17.2 Å². The molecule has 0 aliphatic heterocycles. The van der Waals surface area contributed by atoms with E-state index in [9.17, 15) is 14.4 Å². The molecule has 0 saturated carbocycles. The van der Waals surface area contributed by atoms with E-state index in [4.69, 9.17) is 4.74 Å². The molecule has 170 valence electrons. The third-order valence-electron chi connectivity index (χ3n) is 4.96. The molecule has 3 aromatic carbocycles. The van der Waals surface area contributed by atoms with Crippen molar-refractivity contribution < 1.29 is 19.1 Å². The highest BCUT2D eigenvalue weighted by molar-refractivity contribution is 6.04. The Hall–Kier alpha value is -3.93. The standard InChI is InChI=1S/C27H28N2O4/c30-25(14-7-15-26(31)33-20-8-11-21-9-3-1-4-10-21)28-23-16-18-24(19-17-23)29-27(32)22-12-5-2-6-13-22/h1-6,9-10,12-13,16-19H,7-8,11,14-15,20H2,(H,28,30)(H,29,32). The van der Waals surface area contributed by atoms with E-state index in [-0.39, 0.29) is 30.6 Å². The number of amides is 2. The van der Waals surface area contributed by atoms with Crippen molar-refractivity contribution in [3.8, 4) is 0 Å². The van der Waals surface area contributed by atoms with Crippen molar-refractivity contribution in [3.63, 3.8) is 0 Å². The lowest BCUT2D eigenvalue weighted by Gasteiger charge is -2.08. The molecule has 6 heteroatoms. The molecular formula is C27H28N2O4. The predicted molar refractivity (Wildman–Crippen MR) is 129 cm³/mol. The number of anilines is 2. The summed E-state index contributed by atoms with van der Waals surface area (Å²) in [6.07, 6.45) is 2.51. The second-order valence-electron chi connectivity index (χ2n) is 7.61. The maximum atomic E-state index is 12.2. The Morgan fingerprint density at radius 3 is 1.94 bits per heavy atom. The van der Waals surface area contributed by atoms with Crippen LogP contribution < -0.4 is 10.6 Å². The summed E-state index contributed by atoms with van der Waals surface area (Å²) in [7, 11) is 0. The highest BCUT2D eigenvalue weighted by Crippen LogP contribution is 2.15. The fourth-order valence-electron chi connectivity index (χ4n) is 3.23. The van der Waals surface area contributed by atoms with E-state index in [1.165, 1.54) is 5.56 Å². The third-order valence-corrected chi connectivity index (χ3v) is 4.96. The van der Waals surface area contributed by atoms with Gasteiger partial charge in [0.15, 0.2) is 0 Å². The Bertz CT molecular complexity index is 1030. The van der Waals surface area contributed by atoms with Gasteiger partial charge in [0.1, 0.15) is 0 Å². The first-order valence-corrected chi connectivity index (χ1v) is 11.1. The first-order valence-electron chi connectivity index (χ1n) is 11.1. The van der Waals surface area contributed by atoms with Crippen LogP contribution in [0.5, 0.6) is 0 Å². The summed E-state index contributed by atoms with van der Waals surface area (Å²) in [6.45, 7) is 0.382. The lowest BCUT2D eigenvalue weighted by Crippen LogP contribution is -2.13. The average molecular weight is 445 g/mol. The van der Waals surface area contributed by atoms with E-state index in [1.54, 1.807) is 48.5 Å². The predicted octanol–water partition coefficient (Wildman–Crippen LogP) is 5.22. The first kappa shape index (κ1) is 23.7. The second-order valence-corrected chi connectivity index (χ2v) is 7.61. The number of carbonyl (C=O) groups is 3. The number of nitrogens with one attached hydrogen (secondary N) is 2. The first-order chi connectivity index (χ1) is 16.1. The number of esters is 1. The van der Waals surface area contributed by atoms with Crippen LogP contribution in [-0.2, 0) is 20.7 Å². The fourth-order valence-corrected chi connectivity index (χ4v) is 3.23. The van der Waals surface area contributed by atoms with Crippen molar-refractivity contribution in [1.82, 2.24) is 0 Å². The topological polar surface area (TPSA) is 84.5 Å². The van der Waals surface area contributed by atoms with Crippen molar-refractivity contribution in [1.29, 1.82) is 0 Å². The Balaban J connectivity index is 1.30. The van der Waals surface area contributed by atoms with Gasteiger partial charge in [-0.3, -0.25) is 14.4 Å². The number of hydrogen-bond acceptors (Lipinski definition) is 4. The highest BCUT2D eigenvalue weighted by Gasteiger charge is 2.08. The minimum atomic E-state index is -0.283. The quantitative estimate of drug-likeness (QED) is 0.314. The van der Waals surface area contributed by atoms with Crippen molar-refractivity contribution in [3.05, 3.63) is 96.1 Å². The minimum Gasteiger partial charge on any atom is -0.466 e. The Kier molecular flexibility index (Phi) is 9.21. The molecule has 2 amide bonds. The number of carbonyl (C=O) groups excluding carboxylic acids is 3. The van der Waals surface area contributed by atoms with Crippen molar-refractivity contribution in [2.24, 2.45) is 0 Å². The lowest BCUT2D eigenvalue weighted by molar-refractivity contribution is -0.143. The molecule has 0 radical (unpaired) electrons. The van der Waals surface area contributed by atoms with Crippen LogP contribution in [0, 0.1) is 0 Å². The van der Waals surface area contributed by atoms with Gasteiger partial charge in [0.25, 0.3) is 5.91 Å². The Morgan fingerprint density at radius 2 is 1.27 bits per heavy atom. The molecule has 2 N–H and O–H groups in total. The number of rotatable bonds is 11. The van der Waals surface area contributed by atoms with E-state index >= 15 is 0 Å². The zero-order valence-electron chi connectivity index (χ0n) is 18.5. The summed E-state index contributed by atoms with van der Waals surface area (Å²) in [5.74, 6) is -0.651. The molecule has 0 atom stereocenters. The van der Waals surface area contributed by atoms with Gasteiger partial charge >= 0.3 is 5.97 Å². The zero-order valence-corrected chi connectivity index (χ0v) is 18.5. The summed E-state index contributed by atoms with van der Waals surface area (Å²) in [5, 5.41) is 5.61. The van der Waals surface area contributed by atoms with Crippen molar-refractivity contribution in [2.45, 2.75) is 32.1 Å². The molecule has 0 aliphatic rings. The fraction of sp³-hybridized carbons (Fsp3) is 0.222. The summed E-state index contributed by atoms with van der Waals surface area (Å²) in [6, 6.07) is 25.9. The molecule has 0 aliphatic carbocycles. The largest absolute Gasteiger partial charge is 0.466 e. The zero-order chi connectivity index (χ0) is 23.3. The molecule has 0 spiro atoms. The van der Waals surface area contributed by atoms with Gasteiger partial charge in [-0.2, -0.15) is 0 Å². The molecule has 0 fully saturated rings. The van der Waals surface area contributed by atoms with Gasteiger partial charge in [0, 0.05) is 29.8 Å². The van der Waals surface area contributed by atoms with Crippen LogP contribution in [0.25, 0.3) is 0 Å². The molecule has 0 bridgehead atoms. The smallest absolute Gasteiger partial charge is 0.305 e. The normalized spacial score (nSPS) is 10.3. The number of ether oxygens (including phenoxy) is 1. The molecule has 3 aromatic rings. The van der Waals surface area contributed by atoms with Crippen LogP contribution in [0.4, 0.5) is 11.4 Å². The molecule has 0 aromatic heterocycles. The maximum Gasteiger partial charge on any atom is 0.305 e. The minimum absolute atomic E-state index is 0.173. The molecule has 6 nitrogen and oxygen atoms in total. The second kappa shape index (κ2) is 12.8. The van der Waals surface area contributed by atoms with Gasteiger partial charge in [-0.1, -0.05) is 48.5 Å². The van der Waals surface area contributed by atoms with Crippen LogP contribution in [0.15, 0.2) is 84.9 Å². The number of benzene rings is 3. The molecule has 0 heterocycles. The van der Waals surface area contributed by atoms with Gasteiger partial charge < -0.3 is 15.4 Å². The maximum absolute atomic E-state index is 12.2. The van der Waals surface area contributed by atoms with Gasteiger partial charge in [-0.25, -0.2) is 0 Å². The molecular weight excluding hydrogens is 416 g/mol. The summed E-state index contributed by atoms with van der Waals surface area (Å²) >= 11 is 0. The van der Waals surface area contributed by atoms with Gasteiger partial charge in [0.05, 0.1) is 6.61 Å². The van der Waals surface area contributed by atoms with Crippen molar-refractivity contribution >= 4 is 29.2 Å². The number of hydrogen-bond donors (Lipinski definition) is 2. The van der Waals surface area contributed by atoms with Crippen LogP contribution in [0.2, 0.25) is 0 Å². The summed E-state index contributed by atoms with van der Waals surface area (Å²) in [5.41, 5.74) is 3.06. The van der Waals surface area contributed by atoms with E-state index < -0.39 is 0 Å². The number of aryl methyl sites for hydroxylation is 1. The Labute approximate surface area is 194 Å². The van der Waals surface area contributed by atoms with Crippen LogP contribution in [0.1, 0.15) is 41.6 Å². The van der Waals surface area contributed by atoms with Gasteiger partial charge in [-0.05, 0) is 61.2 Å². The van der Waals surface area contributed by atoms with Crippen LogP contribution in [0.3, 0.4) is 0 Å². The van der Waals surface area contributed by atoms with E-state index in [0.29, 0.717) is 30.0 Å². The van der Waals surface area contributed by atoms with E-state index in [0.717, 1.165) is 12.8 Å². The lowest BCUT2D eigenvalue weighted by atomic mass is 10.1. The average Bonchev–Trinajstić information content (AvgIpc) is 2.84. The van der Waals surface area contributed by atoms with Crippen LogP contribution in [-0.4, -0.2) is 24.4 Å². The molecule has 33 heavy (non-hydrogen) atoms. The molecule has 0 saturated heterocycles. The molecule has 0 unspecified atom stereocenters. The van der Waals surface area contributed by atoms with Gasteiger partial charge in [-0.15, -0.1) is 0 Å². The monoisotopic (exact) mass is 444 g/mol. The molecule has 3 rings (SSSR count). The summed E-state index contributed by atoms with van der Waals surface area (Å²) < 4.78 is 5.24. The van der Waals surface area contributed by atoms with Gasteiger partial charge in [0.2, 0.25) is 5.91 Å². The summed E-state index contributed by atoms with van der Waals surface area (Å²) in [4.78, 5) is 36.1. The van der Waals surface area contributed by atoms with E-state index in [1.807, 2.05) is 24.3 Å². The highest BCUT2D eigenvalue weighted by atomic mass is 16.5.